The summed E-state index contributed by atoms with van der Waals surface area (Å²) in [6.07, 6.45) is 1.73. The van der Waals surface area contributed by atoms with E-state index in [0.29, 0.717) is 11.9 Å². The van der Waals surface area contributed by atoms with Gasteiger partial charge in [0.15, 0.2) is 0 Å². The molecular formula is C19H15N3OS. The van der Waals surface area contributed by atoms with Gasteiger partial charge in [0.2, 0.25) is 0 Å². The number of fused-ring (bicyclic) bond motifs is 1. The largest absolute Gasteiger partial charge is 0.275 e. The normalized spacial score (nSPS) is 11.0. The van der Waals surface area contributed by atoms with E-state index in [2.05, 4.69) is 41.3 Å². The van der Waals surface area contributed by atoms with Crippen LogP contribution in [0.1, 0.15) is 10.6 Å². The van der Waals surface area contributed by atoms with Gasteiger partial charge in [-0.3, -0.25) is 4.79 Å². The molecule has 0 aliphatic carbocycles. The maximum atomic E-state index is 12.5. The molecule has 0 saturated carbocycles. The minimum absolute atomic E-state index is 0.0832. The van der Waals surface area contributed by atoms with E-state index in [-0.39, 0.29) is 5.56 Å². The van der Waals surface area contributed by atoms with E-state index in [0.717, 1.165) is 21.7 Å². The molecule has 0 atom stereocenters. The van der Waals surface area contributed by atoms with Crippen molar-refractivity contribution < 1.29 is 0 Å². The molecule has 0 saturated heterocycles. The van der Waals surface area contributed by atoms with E-state index in [1.165, 1.54) is 10.2 Å². The summed E-state index contributed by atoms with van der Waals surface area (Å²) in [5, 5.41) is 8.70. The highest BCUT2D eigenvalue weighted by Gasteiger charge is 2.08. The van der Waals surface area contributed by atoms with Gasteiger partial charge in [0, 0.05) is 16.3 Å². The maximum Gasteiger partial charge on any atom is 0.275 e. The van der Waals surface area contributed by atoms with Gasteiger partial charge in [-0.2, -0.15) is 5.10 Å². The quantitative estimate of drug-likeness (QED) is 0.572. The van der Waals surface area contributed by atoms with E-state index in [9.17, 15) is 4.79 Å². The van der Waals surface area contributed by atoms with Crippen LogP contribution in [0.3, 0.4) is 0 Å². The Morgan fingerprint density at radius 2 is 1.88 bits per heavy atom. The Morgan fingerprint density at radius 1 is 1.08 bits per heavy atom. The fraction of sp³-hybridized carbons (Fsp3) is 0.105. The zero-order valence-corrected chi connectivity index (χ0v) is 14.0. The van der Waals surface area contributed by atoms with Crippen molar-refractivity contribution in [2.45, 2.75) is 13.5 Å². The molecule has 0 aliphatic rings. The molecule has 0 unspecified atom stereocenters. The molecule has 4 aromatic rings. The predicted octanol–water partition coefficient (Wildman–Crippen LogP) is 3.88. The molecule has 24 heavy (non-hydrogen) atoms. The topological polar surface area (TPSA) is 47.8 Å². The second-order valence-electron chi connectivity index (χ2n) is 5.69. The van der Waals surface area contributed by atoms with Crippen molar-refractivity contribution in [1.82, 2.24) is 14.8 Å². The monoisotopic (exact) mass is 333 g/mol. The number of hydrogen-bond donors (Lipinski definition) is 0. The number of hydrogen-bond acceptors (Lipinski definition) is 4. The molecule has 2 aromatic carbocycles. The Balaban J connectivity index is 1.66. The Hall–Kier alpha value is -2.79. The first-order chi connectivity index (χ1) is 11.7. The average Bonchev–Trinajstić information content (AvgIpc) is 3.07. The number of aryl methyl sites for hydroxylation is 1. The molecule has 0 amide bonds. The summed E-state index contributed by atoms with van der Waals surface area (Å²) in [6.45, 7) is 2.45. The number of aromatic nitrogens is 3. The summed E-state index contributed by atoms with van der Waals surface area (Å²) in [5.41, 5.74) is 3.16. The van der Waals surface area contributed by atoms with Gasteiger partial charge in [-0.05, 0) is 13.0 Å². The van der Waals surface area contributed by atoms with E-state index in [1.807, 2.05) is 29.6 Å². The third-order valence-electron chi connectivity index (χ3n) is 3.95. The number of rotatable bonds is 3. The van der Waals surface area contributed by atoms with Crippen LogP contribution in [0.2, 0.25) is 0 Å². The molecule has 4 nitrogen and oxygen atoms in total. The molecule has 2 heterocycles. The van der Waals surface area contributed by atoms with Crippen LogP contribution in [0.5, 0.6) is 0 Å². The van der Waals surface area contributed by atoms with Crippen LogP contribution < -0.4 is 5.56 Å². The van der Waals surface area contributed by atoms with Crippen LogP contribution in [0.15, 0.2) is 64.9 Å². The van der Waals surface area contributed by atoms with Gasteiger partial charge >= 0.3 is 0 Å². The first-order valence-electron chi connectivity index (χ1n) is 7.67. The van der Waals surface area contributed by atoms with Crippen LogP contribution >= 0.6 is 11.3 Å². The third kappa shape index (κ3) is 2.74. The fourth-order valence-electron chi connectivity index (χ4n) is 2.61. The van der Waals surface area contributed by atoms with Gasteiger partial charge in [0.05, 0.1) is 23.8 Å². The van der Waals surface area contributed by atoms with Gasteiger partial charge in [-0.1, -0.05) is 48.0 Å². The molecule has 118 valence electrons. The van der Waals surface area contributed by atoms with Crippen LogP contribution in [0.4, 0.5) is 0 Å². The summed E-state index contributed by atoms with van der Waals surface area (Å²) in [4.78, 5) is 17.2. The van der Waals surface area contributed by atoms with Gasteiger partial charge in [0.1, 0.15) is 5.01 Å². The van der Waals surface area contributed by atoms with Crippen molar-refractivity contribution in [3.05, 3.63) is 81.0 Å². The molecular weight excluding hydrogens is 318 g/mol. The molecule has 5 heteroatoms. The van der Waals surface area contributed by atoms with Gasteiger partial charge in [-0.15, -0.1) is 11.3 Å². The van der Waals surface area contributed by atoms with Gasteiger partial charge < -0.3 is 0 Å². The Kier molecular flexibility index (Phi) is 3.70. The highest BCUT2D eigenvalue weighted by atomic mass is 32.1. The molecule has 4 rings (SSSR count). The maximum absolute atomic E-state index is 12.5. The van der Waals surface area contributed by atoms with Crippen molar-refractivity contribution >= 4 is 22.1 Å². The van der Waals surface area contributed by atoms with Gasteiger partial charge in [-0.25, -0.2) is 9.67 Å². The minimum atomic E-state index is -0.0832. The van der Waals surface area contributed by atoms with Crippen LogP contribution in [0.25, 0.3) is 22.0 Å². The Labute approximate surface area is 143 Å². The van der Waals surface area contributed by atoms with Crippen molar-refractivity contribution in [3.8, 4) is 11.3 Å². The van der Waals surface area contributed by atoms with Crippen molar-refractivity contribution in [2.24, 2.45) is 0 Å². The molecule has 0 spiro atoms. The number of thiazole rings is 1. The van der Waals surface area contributed by atoms with Crippen LogP contribution in [0, 0.1) is 6.92 Å². The Morgan fingerprint density at radius 3 is 2.71 bits per heavy atom. The van der Waals surface area contributed by atoms with Crippen LogP contribution in [-0.4, -0.2) is 14.8 Å². The fourth-order valence-corrected chi connectivity index (χ4v) is 3.39. The highest BCUT2D eigenvalue weighted by molar-refractivity contribution is 7.09. The number of nitrogens with zero attached hydrogens (tertiary/aromatic N) is 3. The molecule has 0 bridgehead atoms. The zero-order valence-electron chi connectivity index (χ0n) is 13.1. The molecule has 2 aromatic heterocycles. The summed E-state index contributed by atoms with van der Waals surface area (Å²) in [7, 11) is 0. The summed E-state index contributed by atoms with van der Waals surface area (Å²) in [5.74, 6) is 0. The predicted molar refractivity (Wildman–Crippen MR) is 97.4 cm³/mol. The lowest BCUT2D eigenvalue weighted by molar-refractivity contribution is 0.645. The van der Waals surface area contributed by atoms with Crippen molar-refractivity contribution in [3.63, 3.8) is 0 Å². The first kappa shape index (κ1) is 14.8. The van der Waals surface area contributed by atoms with E-state index in [4.69, 9.17) is 0 Å². The highest BCUT2D eigenvalue weighted by Crippen LogP contribution is 2.22. The zero-order chi connectivity index (χ0) is 16.5. The second-order valence-corrected chi connectivity index (χ2v) is 6.63. The number of benzene rings is 2. The Bertz CT molecular complexity index is 1060. The summed E-state index contributed by atoms with van der Waals surface area (Å²) < 4.78 is 1.47. The van der Waals surface area contributed by atoms with Crippen LogP contribution in [-0.2, 0) is 6.54 Å². The van der Waals surface area contributed by atoms with Crippen molar-refractivity contribution in [1.29, 1.82) is 0 Å². The second kappa shape index (κ2) is 6.02. The lowest BCUT2D eigenvalue weighted by atomic mass is 10.1. The van der Waals surface area contributed by atoms with Crippen molar-refractivity contribution in [2.75, 3.05) is 0 Å². The minimum Gasteiger partial charge on any atom is -0.267 e. The lowest BCUT2D eigenvalue weighted by Crippen LogP contribution is -2.23. The standard InChI is InChI=1S/C19H15N3OS/c1-13-6-8-14(9-7-13)17-12-24-18(21-17)11-22-19(23)16-5-3-2-4-15(16)10-20-22/h2-10,12H,11H2,1H3. The lowest BCUT2D eigenvalue weighted by Gasteiger charge is -2.03. The summed E-state index contributed by atoms with van der Waals surface area (Å²) in [6, 6.07) is 15.8. The average molecular weight is 333 g/mol. The SMILES string of the molecule is Cc1ccc(-c2csc(Cn3ncc4ccccc4c3=O)n2)cc1. The van der Waals surface area contributed by atoms with E-state index in [1.54, 1.807) is 17.5 Å². The molecule has 0 radical (unpaired) electrons. The molecule has 0 N–H and O–H groups in total. The first-order valence-corrected chi connectivity index (χ1v) is 8.55. The third-order valence-corrected chi connectivity index (χ3v) is 4.78. The van der Waals surface area contributed by atoms with Gasteiger partial charge in [0.25, 0.3) is 5.56 Å². The summed E-state index contributed by atoms with van der Waals surface area (Å²) >= 11 is 1.55. The molecule has 0 fully saturated rings. The van der Waals surface area contributed by atoms with E-state index >= 15 is 0 Å². The smallest absolute Gasteiger partial charge is 0.267 e. The van der Waals surface area contributed by atoms with E-state index < -0.39 is 0 Å². The molecule has 0 aliphatic heterocycles.